The number of nitrogens with zero attached hydrogens (tertiary/aromatic N) is 4. The van der Waals surface area contributed by atoms with Crippen LogP contribution in [0.2, 0.25) is 0 Å². The molecule has 6 aromatic carbocycles. The van der Waals surface area contributed by atoms with Crippen LogP contribution in [0.3, 0.4) is 0 Å². The first kappa shape index (κ1) is 31.2. The van der Waals surface area contributed by atoms with E-state index in [1.165, 1.54) is 20.5 Å². The van der Waals surface area contributed by atoms with Crippen LogP contribution < -0.4 is 20.7 Å². The molecule has 0 bridgehead atoms. The van der Waals surface area contributed by atoms with Crippen molar-refractivity contribution < 1.29 is 25.2 Å². The van der Waals surface area contributed by atoms with Crippen molar-refractivity contribution in [2.75, 3.05) is 0 Å². The van der Waals surface area contributed by atoms with E-state index in [0.717, 1.165) is 49.2 Å². The second-order valence-electron chi connectivity index (χ2n) is 14.4. The van der Waals surface area contributed by atoms with Gasteiger partial charge < -0.3 is 4.57 Å². The quantitative estimate of drug-likeness (QED) is 0.0946. The molecule has 3 aromatic heterocycles. The van der Waals surface area contributed by atoms with Gasteiger partial charge in [0.2, 0.25) is 0 Å². The summed E-state index contributed by atoms with van der Waals surface area (Å²) in [5.41, 5.74) is 5.38. The van der Waals surface area contributed by atoms with Gasteiger partial charge in [0, 0.05) is 61.7 Å². The smallest absolute Gasteiger partial charge is 0.188 e. The third-order valence-electron chi connectivity index (χ3n) is 10.3. The SMILES string of the molecule is [2H]C([2H])([2H])n1[cH+]n(-c2[c-]c([Si](c3[c-]c4c(cc3)c3ccccc3n4-c3cc(C(C)(C)C)ccn3)(c3ccccc3)c3ccccc3)ccc2)c2ccccc21.[Pt]. The van der Waals surface area contributed by atoms with Gasteiger partial charge in [-0.05, 0) is 57.1 Å². The molecule has 9 rings (SSSR count). The van der Waals surface area contributed by atoms with E-state index in [9.17, 15) is 0 Å². The fraction of sp³-hybridized carbons (Fsp3) is 0.106. The van der Waals surface area contributed by atoms with Crippen molar-refractivity contribution in [3.05, 3.63) is 182 Å². The first-order valence-corrected chi connectivity index (χ1v) is 19.6. The molecule has 262 valence electrons. The van der Waals surface area contributed by atoms with Crippen LogP contribution in [0.5, 0.6) is 0 Å². The molecule has 0 amide bonds. The van der Waals surface area contributed by atoms with Crippen LogP contribution >= 0.6 is 0 Å². The van der Waals surface area contributed by atoms with E-state index in [0.29, 0.717) is 5.52 Å². The van der Waals surface area contributed by atoms with Gasteiger partial charge >= 0.3 is 0 Å². The van der Waals surface area contributed by atoms with Gasteiger partial charge in [0.05, 0.1) is 0 Å². The Morgan fingerprint density at radius 1 is 0.642 bits per heavy atom. The number of rotatable bonds is 6. The van der Waals surface area contributed by atoms with Gasteiger partial charge in [-0.3, -0.25) is 0 Å². The van der Waals surface area contributed by atoms with Gasteiger partial charge in [-0.15, -0.1) is 22.7 Å². The number of para-hydroxylation sites is 3. The summed E-state index contributed by atoms with van der Waals surface area (Å²) in [6, 6.07) is 60.7. The Bertz CT molecular complexity index is 2820. The Morgan fingerprint density at radius 3 is 1.98 bits per heavy atom. The Balaban J connectivity index is 0.00000441. The molecule has 0 saturated carbocycles. The standard InChI is InChI=1S/C47H39N4Si.Pt/c1-47(2,3)34-28-29-48-46(30-34)51-42-23-12-11-22-40(42)41-27-26-39(32-45(41)51)52(36-17-7-5-8-18-36,37-19-9-6-10-20-37)38-21-15-16-35(31-38)50-33-49(4)43-24-13-14-25-44(43)50;/h5-30,33H,1-4H3;/q-1;/i4D3;. The van der Waals surface area contributed by atoms with Crippen molar-refractivity contribution in [1.82, 2.24) is 18.7 Å². The summed E-state index contributed by atoms with van der Waals surface area (Å²) in [7, 11) is -3.17. The van der Waals surface area contributed by atoms with Crippen LogP contribution in [0.25, 0.3) is 44.3 Å². The maximum atomic E-state index is 8.31. The second kappa shape index (κ2) is 13.6. The zero-order chi connectivity index (χ0) is 38.0. The van der Waals surface area contributed by atoms with Crippen LogP contribution in [0.15, 0.2) is 164 Å². The largest absolute Gasteiger partial charge is 0.319 e. The number of aromatic nitrogens is 4. The van der Waals surface area contributed by atoms with E-state index in [4.69, 9.17) is 9.10 Å². The van der Waals surface area contributed by atoms with E-state index in [1.807, 2.05) is 41.1 Å². The van der Waals surface area contributed by atoms with Gasteiger partial charge in [0.25, 0.3) is 0 Å². The summed E-state index contributed by atoms with van der Waals surface area (Å²) in [5.74, 6) is 0.856. The van der Waals surface area contributed by atoms with Crippen molar-refractivity contribution in [1.29, 1.82) is 0 Å². The van der Waals surface area contributed by atoms with Crippen LogP contribution in [0.4, 0.5) is 0 Å². The van der Waals surface area contributed by atoms with Crippen LogP contribution in [-0.2, 0) is 33.5 Å². The van der Waals surface area contributed by atoms with Crippen LogP contribution in [0, 0.1) is 12.1 Å². The Morgan fingerprint density at radius 2 is 1.28 bits per heavy atom. The third-order valence-corrected chi connectivity index (χ3v) is 14.9. The van der Waals surface area contributed by atoms with Gasteiger partial charge in [-0.2, -0.15) is 35.5 Å². The zero-order valence-electron chi connectivity index (χ0n) is 32.7. The Labute approximate surface area is 330 Å². The monoisotopic (exact) mass is 885 g/mol. The molecular formula is C47H39N4PtSi-. The van der Waals surface area contributed by atoms with Crippen LogP contribution in [0.1, 0.15) is 30.4 Å². The molecule has 6 heteroatoms. The molecule has 0 spiro atoms. The molecule has 0 unspecified atom stereocenters. The van der Waals surface area contributed by atoms with Gasteiger partial charge in [0.15, 0.2) is 17.4 Å². The molecule has 0 fully saturated rings. The van der Waals surface area contributed by atoms with Crippen molar-refractivity contribution in [2.45, 2.75) is 26.2 Å². The predicted molar refractivity (Wildman–Crippen MR) is 219 cm³/mol. The number of pyridine rings is 1. The summed E-state index contributed by atoms with van der Waals surface area (Å²) in [6.07, 6.45) is 3.59. The molecule has 0 aliphatic carbocycles. The average Bonchev–Trinajstić information content (AvgIpc) is 3.76. The number of aryl methyl sites for hydroxylation is 1. The summed E-state index contributed by atoms with van der Waals surface area (Å²) in [5, 5.41) is 6.75. The normalized spacial score (nSPS) is 13.1. The van der Waals surface area contributed by atoms with Crippen molar-refractivity contribution in [3.63, 3.8) is 0 Å². The molecule has 4 nitrogen and oxygen atoms in total. The third kappa shape index (κ3) is 5.71. The first-order chi connectivity index (χ1) is 26.5. The molecular weight excluding hydrogens is 844 g/mol. The maximum Gasteiger partial charge on any atom is 0.188 e. The average molecular weight is 886 g/mol. The van der Waals surface area contributed by atoms with Crippen molar-refractivity contribution in [3.8, 4) is 11.5 Å². The van der Waals surface area contributed by atoms with Gasteiger partial charge in [-0.1, -0.05) is 105 Å². The number of benzene rings is 6. The summed E-state index contributed by atoms with van der Waals surface area (Å²) in [4.78, 5) is 4.95. The number of hydrogen-bond donors (Lipinski definition) is 0. The first-order valence-electron chi connectivity index (χ1n) is 19.1. The van der Waals surface area contributed by atoms with Crippen molar-refractivity contribution in [2.24, 2.45) is 6.98 Å². The van der Waals surface area contributed by atoms with E-state index in [1.54, 1.807) is 6.33 Å². The minimum Gasteiger partial charge on any atom is -0.319 e. The van der Waals surface area contributed by atoms with Crippen molar-refractivity contribution >= 4 is 61.7 Å². The molecule has 0 saturated heterocycles. The van der Waals surface area contributed by atoms with Crippen LogP contribution in [-0.4, -0.2) is 26.8 Å². The van der Waals surface area contributed by atoms with E-state index in [2.05, 4.69) is 159 Å². The molecule has 0 radical (unpaired) electrons. The summed E-state index contributed by atoms with van der Waals surface area (Å²) < 4.78 is 30.5. The minimum atomic E-state index is -3.17. The predicted octanol–water partition coefficient (Wildman–Crippen LogP) is 8.01. The molecule has 0 aliphatic heterocycles. The Hall–Kier alpha value is -5.35. The Kier molecular flexibility index (Phi) is 7.98. The molecule has 0 aliphatic rings. The van der Waals surface area contributed by atoms with E-state index in [-0.39, 0.29) is 26.5 Å². The molecule has 53 heavy (non-hydrogen) atoms. The number of hydrogen-bond acceptors (Lipinski definition) is 1. The molecule has 0 atom stereocenters. The topological polar surface area (TPSA) is 27.7 Å². The summed E-state index contributed by atoms with van der Waals surface area (Å²) >= 11 is 0. The minimum absolute atomic E-state index is 0. The number of fused-ring (bicyclic) bond motifs is 4. The maximum absolute atomic E-state index is 8.31. The van der Waals surface area contributed by atoms with Gasteiger partial charge in [0.1, 0.15) is 13.9 Å². The molecule has 0 N–H and O–H groups in total. The second-order valence-corrected chi connectivity index (χ2v) is 18.1. The molecule has 9 aromatic rings. The van der Waals surface area contributed by atoms with Gasteiger partial charge in [-0.25, -0.2) is 14.1 Å². The molecule has 3 heterocycles. The van der Waals surface area contributed by atoms with E-state index < -0.39 is 15.0 Å². The zero-order valence-corrected chi connectivity index (χ0v) is 33.0. The van der Waals surface area contributed by atoms with E-state index >= 15 is 0 Å². The fourth-order valence-electron chi connectivity index (χ4n) is 7.79. The summed E-state index contributed by atoms with van der Waals surface area (Å²) in [6.45, 7) is 4.34. The number of imidazole rings is 1. The fourth-order valence-corrected chi connectivity index (χ4v) is 12.3.